The van der Waals surface area contributed by atoms with Gasteiger partial charge >= 0.3 is 0 Å². The van der Waals surface area contributed by atoms with Crippen molar-refractivity contribution in [1.82, 2.24) is 10.2 Å². The fourth-order valence-corrected chi connectivity index (χ4v) is 4.05. The summed E-state index contributed by atoms with van der Waals surface area (Å²) in [7, 11) is 0. The molecule has 2 N–H and O–H groups in total. The van der Waals surface area contributed by atoms with Gasteiger partial charge in [-0.2, -0.15) is 0 Å². The maximum atomic E-state index is 9.34. The van der Waals surface area contributed by atoms with E-state index in [-0.39, 0.29) is 0 Å². The summed E-state index contributed by atoms with van der Waals surface area (Å²) in [5, 5.41) is 13.0. The Morgan fingerprint density at radius 3 is 2.70 bits per heavy atom. The fourth-order valence-electron chi connectivity index (χ4n) is 4.05. The molecular formula is C17H34N2O. The predicted octanol–water partition coefficient (Wildman–Crippen LogP) is 2.64. The fraction of sp³-hybridized carbons (Fsp3) is 1.00. The molecule has 3 nitrogen and oxygen atoms in total. The van der Waals surface area contributed by atoms with Gasteiger partial charge in [0.1, 0.15) is 0 Å². The molecule has 0 radical (unpaired) electrons. The molecule has 3 heteroatoms. The second-order valence-electron chi connectivity index (χ2n) is 7.30. The standard InChI is InChI=1S/C17H34N2O/c1-3-9-18-13-17(8-4-5-15(2)12-17)14-19(10-11-20)16-6-7-16/h15-16,18,20H,3-14H2,1-2H3. The van der Waals surface area contributed by atoms with Crippen LogP contribution in [0.15, 0.2) is 0 Å². The van der Waals surface area contributed by atoms with Crippen LogP contribution in [-0.2, 0) is 0 Å². The molecule has 0 spiro atoms. The molecule has 0 amide bonds. The molecular weight excluding hydrogens is 248 g/mol. The molecule has 20 heavy (non-hydrogen) atoms. The van der Waals surface area contributed by atoms with Gasteiger partial charge in [-0.05, 0) is 50.0 Å². The molecule has 2 fully saturated rings. The Bertz CT molecular complexity index is 280. The van der Waals surface area contributed by atoms with Crippen LogP contribution in [0.25, 0.3) is 0 Å². The highest BCUT2D eigenvalue weighted by Crippen LogP contribution is 2.41. The summed E-state index contributed by atoms with van der Waals surface area (Å²) in [6, 6.07) is 0.766. The van der Waals surface area contributed by atoms with Crippen molar-refractivity contribution in [3.8, 4) is 0 Å². The zero-order valence-electron chi connectivity index (χ0n) is 13.5. The summed E-state index contributed by atoms with van der Waals surface area (Å²) in [5.74, 6) is 0.863. The summed E-state index contributed by atoms with van der Waals surface area (Å²) in [6.07, 6.45) is 9.41. The predicted molar refractivity (Wildman–Crippen MR) is 84.9 cm³/mol. The third kappa shape index (κ3) is 4.71. The molecule has 2 atom stereocenters. The molecule has 118 valence electrons. The van der Waals surface area contributed by atoms with Gasteiger partial charge in [-0.15, -0.1) is 0 Å². The highest BCUT2D eigenvalue weighted by atomic mass is 16.3. The Labute approximate surface area is 125 Å². The molecule has 0 aromatic carbocycles. The molecule has 0 saturated heterocycles. The van der Waals surface area contributed by atoms with Gasteiger partial charge in [-0.25, -0.2) is 0 Å². The first-order valence-electron chi connectivity index (χ1n) is 8.75. The third-order valence-corrected chi connectivity index (χ3v) is 5.10. The van der Waals surface area contributed by atoms with Crippen LogP contribution in [0.1, 0.15) is 58.8 Å². The summed E-state index contributed by atoms with van der Waals surface area (Å²) >= 11 is 0. The lowest BCUT2D eigenvalue weighted by molar-refractivity contribution is 0.0663. The SMILES string of the molecule is CCCNCC1(CN(CCO)C2CC2)CCCC(C)C1. The Morgan fingerprint density at radius 2 is 2.10 bits per heavy atom. The van der Waals surface area contributed by atoms with Gasteiger partial charge in [0.05, 0.1) is 6.61 Å². The molecule has 2 rings (SSSR count). The Balaban J connectivity index is 1.96. The van der Waals surface area contributed by atoms with E-state index in [0.717, 1.165) is 25.0 Å². The molecule has 0 heterocycles. The number of nitrogens with one attached hydrogen (secondary N) is 1. The summed E-state index contributed by atoms with van der Waals surface area (Å²) in [4.78, 5) is 2.58. The lowest BCUT2D eigenvalue weighted by atomic mass is 9.69. The van der Waals surface area contributed by atoms with Crippen molar-refractivity contribution in [3.05, 3.63) is 0 Å². The van der Waals surface area contributed by atoms with Gasteiger partial charge in [0.25, 0.3) is 0 Å². The quantitative estimate of drug-likeness (QED) is 0.638. The zero-order chi connectivity index (χ0) is 14.4. The van der Waals surface area contributed by atoms with Crippen molar-refractivity contribution >= 4 is 0 Å². The second-order valence-corrected chi connectivity index (χ2v) is 7.30. The van der Waals surface area contributed by atoms with E-state index in [4.69, 9.17) is 0 Å². The van der Waals surface area contributed by atoms with Gasteiger partial charge in [0.2, 0.25) is 0 Å². The maximum absolute atomic E-state index is 9.34. The number of rotatable bonds is 9. The Hall–Kier alpha value is -0.120. The van der Waals surface area contributed by atoms with E-state index in [0.29, 0.717) is 12.0 Å². The number of hydrogen-bond donors (Lipinski definition) is 2. The molecule has 0 aromatic heterocycles. The van der Waals surface area contributed by atoms with E-state index >= 15 is 0 Å². The number of nitrogens with zero attached hydrogens (tertiary/aromatic N) is 1. The summed E-state index contributed by atoms with van der Waals surface area (Å²) < 4.78 is 0. The first-order chi connectivity index (χ1) is 9.69. The maximum Gasteiger partial charge on any atom is 0.0558 e. The highest BCUT2D eigenvalue weighted by Gasteiger charge is 2.39. The van der Waals surface area contributed by atoms with Crippen LogP contribution in [0, 0.1) is 11.3 Å². The van der Waals surface area contributed by atoms with E-state index in [1.807, 2.05) is 0 Å². The minimum absolute atomic E-state index is 0.310. The normalized spacial score (nSPS) is 30.9. The smallest absolute Gasteiger partial charge is 0.0558 e. The van der Waals surface area contributed by atoms with E-state index in [1.165, 1.54) is 58.0 Å². The second kappa shape index (κ2) is 7.77. The summed E-state index contributed by atoms with van der Waals surface area (Å²) in [5.41, 5.74) is 0.449. The van der Waals surface area contributed by atoms with Crippen LogP contribution >= 0.6 is 0 Å². The lowest BCUT2D eigenvalue weighted by Gasteiger charge is -2.44. The number of hydrogen-bond acceptors (Lipinski definition) is 3. The van der Waals surface area contributed by atoms with Gasteiger partial charge in [0, 0.05) is 25.7 Å². The van der Waals surface area contributed by atoms with Gasteiger partial charge in [-0.3, -0.25) is 4.90 Å². The molecule has 2 unspecified atom stereocenters. The number of aliphatic hydroxyl groups excluding tert-OH is 1. The summed E-state index contributed by atoms with van der Waals surface area (Å²) in [6.45, 7) is 9.34. The van der Waals surface area contributed by atoms with Crippen molar-refractivity contribution in [3.63, 3.8) is 0 Å². The van der Waals surface area contributed by atoms with Crippen molar-refractivity contribution in [2.45, 2.75) is 64.8 Å². The molecule has 0 bridgehead atoms. The monoisotopic (exact) mass is 282 g/mol. The van der Waals surface area contributed by atoms with Crippen LogP contribution in [0.2, 0.25) is 0 Å². The van der Waals surface area contributed by atoms with E-state index in [2.05, 4.69) is 24.1 Å². The van der Waals surface area contributed by atoms with Crippen LogP contribution in [0.5, 0.6) is 0 Å². The molecule has 2 aliphatic carbocycles. The topological polar surface area (TPSA) is 35.5 Å². The first-order valence-corrected chi connectivity index (χ1v) is 8.75. The van der Waals surface area contributed by atoms with Gasteiger partial charge in [0.15, 0.2) is 0 Å². The Kier molecular flexibility index (Phi) is 6.31. The molecule has 2 aliphatic rings. The average molecular weight is 282 g/mol. The first kappa shape index (κ1) is 16.3. The van der Waals surface area contributed by atoms with E-state index in [9.17, 15) is 5.11 Å². The van der Waals surface area contributed by atoms with Crippen LogP contribution in [-0.4, -0.2) is 48.8 Å². The minimum Gasteiger partial charge on any atom is -0.395 e. The average Bonchev–Trinajstić information content (AvgIpc) is 3.23. The molecule has 0 aromatic rings. The highest BCUT2D eigenvalue weighted by molar-refractivity contribution is 4.94. The van der Waals surface area contributed by atoms with Gasteiger partial charge in [-0.1, -0.05) is 26.7 Å². The van der Waals surface area contributed by atoms with Crippen molar-refractivity contribution in [2.75, 3.05) is 32.8 Å². The van der Waals surface area contributed by atoms with Crippen molar-refractivity contribution in [1.29, 1.82) is 0 Å². The molecule has 0 aliphatic heterocycles. The Morgan fingerprint density at radius 1 is 1.30 bits per heavy atom. The minimum atomic E-state index is 0.310. The largest absolute Gasteiger partial charge is 0.395 e. The van der Waals surface area contributed by atoms with Gasteiger partial charge < -0.3 is 10.4 Å². The van der Waals surface area contributed by atoms with Crippen LogP contribution < -0.4 is 5.32 Å². The molecule has 2 saturated carbocycles. The van der Waals surface area contributed by atoms with Crippen LogP contribution in [0.3, 0.4) is 0 Å². The van der Waals surface area contributed by atoms with Crippen LogP contribution in [0.4, 0.5) is 0 Å². The third-order valence-electron chi connectivity index (χ3n) is 5.10. The lowest BCUT2D eigenvalue weighted by Crippen LogP contribution is -2.48. The van der Waals surface area contributed by atoms with Crippen molar-refractivity contribution in [2.24, 2.45) is 11.3 Å². The zero-order valence-corrected chi connectivity index (χ0v) is 13.5. The van der Waals surface area contributed by atoms with E-state index in [1.54, 1.807) is 0 Å². The van der Waals surface area contributed by atoms with Crippen molar-refractivity contribution < 1.29 is 5.11 Å². The van der Waals surface area contributed by atoms with E-state index < -0.39 is 0 Å². The number of aliphatic hydroxyl groups is 1.